The topological polar surface area (TPSA) is 28.7 Å². The fraction of sp³-hybridized carbons (Fsp3) is 0. The number of hydrogen-bond donors (Lipinski definition) is 1. The van der Waals surface area contributed by atoms with Crippen LogP contribution in [-0.4, -0.2) is 9.36 Å². The summed E-state index contributed by atoms with van der Waals surface area (Å²) >= 11 is 6.50. The van der Waals surface area contributed by atoms with Gasteiger partial charge in [-0.1, -0.05) is 29.8 Å². The highest BCUT2D eigenvalue weighted by atomic mass is 32.1. The molecule has 1 N–H and O–H groups in total. The summed E-state index contributed by atoms with van der Waals surface area (Å²) in [5.74, 6) is 0. The van der Waals surface area contributed by atoms with Crippen molar-refractivity contribution in [1.29, 1.82) is 0 Å². The van der Waals surface area contributed by atoms with Gasteiger partial charge in [-0.3, -0.25) is 4.98 Å². The van der Waals surface area contributed by atoms with Crippen molar-refractivity contribution in [2.24, 2.45) is 0 Å². The first-order valence-electron chi connectivity index (χ1n) is 3.45. The first-order valence-corrected chi connectivity index (χ1v) is 4.67. The smallest absolute Gasteiger partial charge is 0.113 e. The summed E-state index contributed by atoms with van der Waals surface area (Å²) in [6.45, 7) is 0. The second-order valence-corrected chi connectivity index (χ2v) is 3.61. The quantitative estimate of drug-likeness (QED) is 0.707. The van der Waals surface area contributed by atoms with E-state index in [4.69, 9.17) is 12.2 Å². The molecule has 0 saturated carbocycles. The van der Waals surface area contributed by atoms with Gasteiger partial charge in [-0.2, -0.15) is 0 Å². The van der Waals surface area contributed by atoms with Crippen molar-refractivity contribution in [2.45, 2.75) is 0 Å². The lowest BCUT2D eigenvalue weighted by atomic mass is 10.2. The predicted octanol–water partition coefficient (Wildman–Crippen LogP) is 2.87. The highest BCUT2D eigenvalue weighted by Gasteiger charge is 1.97. The molecule has 2 nitrogen and oxygen atoms in total. The number of hydrogen-bond acceptors (Lipinski definition) is 3. The molecule has 0 unspecified atom stereocenters. The molecule has 0 aliphatic heterocycles. The number of pyridine rings is 1. The third-order valence-electron chi connectivity index (χ3n) is 1.47. The van der Waals surface area contributed by atoms with Gasteiger partial charge in [0.2, 0.25) is 0 Å². The maximum absolute atomic E-state index is 4.97. The van der Waals surface area contributed by atoms with Crippen LogP contribution in [0.1, 0.15) is 0 Å². The van der Waals surface area contributed by atoms with Crippen LogP contribution in [0.3, 0.4) is 0 Å². The summed E-state index contributed by atoms with van der Waals surface area (Å²) in [5.41, 5.74) is 1.11. The van der Waals surface area contributed by atoms with Gasteiger partial charge >= 0.3 is 0 Å². The Morgan fingerprint density at radius 3 is 3.00 bits per heavy atom. The highest BCUT2D eigenvalue weighted by Crippen LogP contribution is 2.21. The monoisotopic (exact) mass is 194 g/mol. The lowest BCUT2D eigenvalue weighted by Crippen LogP contribution is -1.72. The van der Waals surface area contributed by atoms with Crippen molar-refractivity contribution in [3.63, 3.8) is 0 Å². The average molecular weight is 194 g/mol. The zero-order valence-electron chi connectivity index (χ0n) is 6.15. The molecule has 0 fully saturated rings. The number of aromatic nitrogens is 2. The first kappa shape index (κ1) is 7.64. The van der Waals surface area contributed by atoms with Gasteiger partial charge < -0.3 is 4.37 Å². The summed E-state index contributed by atoms with van der Waals surface area (Å²) in [5, 5.41) is 0. The maximum Gasteiger partial charge on any atom is 0.113 e. The molecule has 0 aromatic carbocycles. The third kappa shape index (κ3) is 1.44. The standard InChI is InChI=1S/C8H6N2S2/c11-8-4-7(12-10-8)6-2-1-3-9-5-6/h1-5H,(H,10,11). The number of rotatable bonds is 1. The van der Waals surface area contributed by atoms with Crippen LogP contribution in [0, 0.1) is 4.64 Å². The molecule has 60 valence electrons. The Morgan fingerprint density at radius 1 is 1.50 bits per heavy atom. The van der Waals surface area contributed by atoms with Crippen LogP contribution in [-0.2, 0) is 0 Å². The lowest BCUT2D eigenvalue weighted by Gasteiger charge is -1.91. The van der Waals surface area contributed by atoms with Crippen LogP contribution in [0.15, 0.2) is 30.6 Å². The summed E-state index contributed by atoms with van der Waals surface area (Å²) in [6.07, 6.45) is 3.59. The van der Waals surface area contributed by atoms with Gasteiger partial charge in [0, 0.05) is 18.0 Å². The Kier molecular flexibility index (Phi) is 2.01. The molecule has 0 spiro atoms. The molecule has 2 aromatic heterocycles. The Hall–Kier alpha value is -1.00. The minimum absolute atomic E-state index is 0.777. The van der Waals surface area contributed by atoms with Crippen LogP contribution >= 0.6 is 23.8 Å². The van der Waals surface area contributed by atoms with Crippen molar-refractivity contribution in [1.82, 2.24) is 9.36 Å². The number of nitrogens with zero attached hydrogens (tertiary/aromatic N) is 1. The van der Waals surface area contributed by atoms with Gasteiger partial charge in [0.15, 0.2) is 0 Å². The summed E-state index contributed by atoms with van der Waals surface area (Å²) in [6, 6.07) is 5.87. The van der Waals surface area contributed by atoms with Crippen LogP contribution in [0.5, 0.6) is 0 Å². The predicted molar refractivity (Wildman–Crippen MR) is 52.7 cm³/mol. The molecular formula is C8H6N2S2. The van der Waals surface area contributed by atoms with Crippen LogP contribution in [0.25, 0.3) is 10.4 Å². The van der Waals surface area contributed by atoms with Crippen molar-refractivity contribution >= 4 is 23.8 Å². The SMILES string of the molecule is S=c1cc(-c2cccnc2)s[nH]1. The van der Waals surface area contributed by atoms with E-state index in [1.807, 2.05) is 24.4 Å². The lowest BCUT2D eigenvalue weighted by molar-refractivity contribution is 1.33. The second-order valence-electron chi connectivity index (χ2n) is 2.32. The van der Waals surface area contributed by atoms with E-state index in [1.165, 1.54) is 11.5 Å². The summed E-state index contributed by atoms with van der Waals surface area (Å²) in [4.78, 5) is 5.16. The van der Waals surface area contributed by atoms with E-state index in [2.05, 4.69) is 9.36 Å². The van der Waals surface area contributed by atoms with Crippen molar-refractivity contribution in [3.8, 4) is 10.4 Å². The molecule has 2 aromatic rings. The Bertz CT molecular complexity index is 416. The van der Waals surface area contributed by atoms with Gasteiger partial charge in [-0.15, -0.1) is 0 Å². The molecule has 4 heteroatoms. The Labute approximate surface area is 79.1 Å². The molecule has 12 heavy (non-hydrogen) atoms. The fourth-order valence-corrected chi connectivity index (χ4v) is 1.94. The molecule has 0 bridgehead atoms. The van der Waals surface area contributed by atoms with E-state index in [-0.39, 0.29) is 0 Å². The zero-order chi connectivity index (χ0) is 8.39. The van der Waals surface area contributed by atoms with Gasteiger partial charge in [0.25, 0.3) is 0 Å². The normalized spacial score (nSPS) is 10.0. The van der Waals surface area contributed by atoms with Gasteiger partial charge in [-0.25, -0.2) is 0 Å². The average Bonchev–Trinajstić information content (AvgIpc) is 2.54. The summed E-state index contributed by atoms with van der Waals surface area (Å²) < 4.78 is 3.77. The fourth-order valence-electron chi connectivity index (χ4n) is 0.934. The van der Waals surface area contributed by atoms with E-state index in [1.54, 1.807) is 6.20 Å². The second kappa shape index (κ2) is 3.16. The van der Waals surface area contributed by atoms with Crippen LogP contribution in [0.4, 0.5) is 0 Å². The first-order chi connectivity index (χ1) is 5.86. The number of H-pyrrole nitrogens is 1. The minimum Gasteiger partial charge on any atom is -0.301 e. The molecule has 0 saturated heterocycles. The Balaban J connectivity index is 2.51. The Morgan fingerprint density at radius 2 is 2.42 bits per heavy atom. The molecule has 0 aliphatic carbocycles. The molecular weight excluding hydrogens is 188 g/mol. The van der Waals surface area contributed by atoms with E-state index >= 15 is 0 Å². The maximum atomic E-state index is 4.97. The minimum atomic E-state index is 0.777. The van der Waals surface area contributed by atoms with E-state index in [0.717, 1.165) is 15.1 Å². The van der Waals surface area contributed by atoms with E-state index < -0.39 is 0 Å². The molecule has 2 rings (SSSR count). The van der Waals surface area contributed by atoms with E-state index in [0.29, 0.717) is 0 Å². The van der Waals surface area contributed by atoms with Crippen molar-refractivity contribution in [3.05, 3.63) is 35.2 Å². The third-order valence-corrected chi connectivity index (χ3v) is 2.71. The van der Waals surface area contributed by atoms with Crippen molar-refractivity contribution < 1.29 is 0 Å². The van der Waals surface area contributed by atoms with Crippen LogP contribution < -0.4 is 0 Å². The number of aromatic amines is 1. The molecule has 0 amide bonds. The molecule has 2 heterocycles. The van der Waals surface area contributed by atoms with Gasteiger partial charge in [0.1, 0.15) is 4.64 Å². The van der Waals surface area contributed by atoms with Crippen LogP contribution in [0.2, 0.25) is 0 Å². The number of nitrogens with one attached hydrogen (secondary N) is 1. The largest absolute Gasteiger partial charge is 0.301 e. The molecule has 0 aliphatic rings. The molecule has 0 atom stereocenters. The zero-order valence-corrected chi connectivity index (χ0v) is 7.78. The van der Waals surface area contributed by atoms with Gasteiger partial charge in [0.05, 0.1) is 4.88 Å². The van der Waals surface area contributed by atoms with Crippen molar-refractivity contribution in [2.75, 3.05) is 0 Å². The van der Waals surface area contributed by atoms with E-state index in [9.17, 15) is 0 Å². The molecule has 0 radical (unpaired) electrons. The van der Waals surface area contributed by atoms with Gasteiger partial charge in [-0.05, 0) is 12.1 Å². The highest BCUT2D eigenvalue weighted by molar-refractivity contribution is 7.71. The summed E-state index contributed by atoms with van der Waals surface area (Å²) in [7, 11) is 0.